The number of carbonyl (C=O) groups is 1. The molecule has 0 aliphatic carbocycles. The van der Waals surface area contributed by atoms with Crippen molar-refractivity contribution in [2.45, 2.75) is 26.3 Å². The highest BCUT2D eigenvalue weighted by molar-refractivity contribution is 5.98. The number of halogens is 1. The summed E-state index contributed by atoms with van der Waals surface area (Å²) in [4.78, 5) is 29.3. The van der Waals surface area contributed by atoms with Gasteiger partial charge in [-0.2, -0.15) is 0 Å². The molecule has 0 saturated heterocycles. The molecule has 3 aromatic rings. The Labute approximate surface area is 166 Å². The van der Waals surface area contributed by atoms with E-state index in [4.69, 9.17) is 4.74 Å². The van der Waals surface area contributed by atoms with Crippen molar-refractivity contribution in [3.8, 4) is 5.75 Å². The van der Waals surface area contributed by atoms with Crippen LogP contribution in [0.1, 0.15) is 34.8 Å². The Balaban J connectivity index is 2.14. The van der Waals surface area contributed by atoms with Crippen LogP contribution in [-0.2, 0) is 17.7 Å². The number of aromatic nitrogens is 2. The average molecular weight is 400 g/mol. The largest absolute Gasteiger partial charge is 0.505 e. The SMILES string of the molecule is CCOC(=O)c1c(O)c2ncc(Cc3ccc(F)cc3)cc2n(CCCO)c1=O. The molecule has 1 aromatic carbocycles. The number of aliphatic hydroxyl groups is 1. The summed E-state index contributed by atoms with van der Waals surface area (Å²) in [7, 11) is 0. The molecule has 0 fully saturated rings. The van der Waals surface area contributed by atoms with E-state index in [0.29, 0.717) is 11.9 Å². The van der Waals surface area contributed by atoms with Crippen molar-refractivity contribution in [3.63, 3.8) is 0 Å². The molecule has 0 spiro atoms. The van der Waals surface area contributed by atoms with Gasteiger partial charge in [-0.15, -0.1) is 0 Å². The molecule has 8 heteroatoms. The summed E-state index contributed by atoms with van der Waals surface area (Å²) in [5.74, 6) is -1.79. The van der Waals surface area contributed by atoms with Crippen LogP contribution >= 0.6 is 0 Å². The maximum Gasteiger partial charge on any atom is 0.347 e. The van der Waals surface area contributed by atoms with Crippen LogP contribution in [0.4, 0.5) is 4.39 Å². The number of ether oxygens (including phenoxy) is 1. The Bertz CT molecular complexity index is 1090. The Morgan fingerprint density at radius 2 is 1.97 bits per heavy atom. The molecule has 0 amide bonds. The number of aryl methyl sites for hydroxylation is 1. The Kier molecular flexibility index (Phi) is 6.23. The third-order valence-electron chi connectivity index (χ3n) is 4.48. The number of hydrogen-bond donors (Lipinski definition) is 2. The molecule has 0 saturated carbocycles. The first-order chi connectivity index (χ1) is 14.0. The van der Waals surface area contributed by atoms with Crippen LogP contribution in [0.25, 0.3) is 11.0 Å². The molecule has 2 aromatic heterocycles. The fourth-order valence-electron chi connectivity index (χ4n) is 3.12. The van der Waals surface area contributed by atoms with Gasteiger partial charge in [0.1, 0.15) is 11.3 Å². The van der Waals surface area contributed by atoms with Gasteiger partial charge in [-0.1, -0.05) is 12.1 Å². The number of rotatable bonds is 7. The maximum atomic E-state index is 13.1. The highest BCUT2D eigenvalue weighted by Gasteiger charge is 2.24. The van der Waals surface area contributed by atoms with Crippen molar-refractivity contribution in [1.82, 2.24) is 9.55 Å². The lowest BCUT2D eigenvalue weighted by molar-refractivity contribution is 0.0520. The van der Waals surface area contributed by atoms with Gasteiger partial charge < -0.3 is 19.5 Å². The Morgan fingerprint density at radius 1 is 1.24 bits per heavy atom. The second-order valence-corrected chi connectivity index (χ2v) is 6.49. The van der Waals surface area contributed by atoms with Gasteiger partial charge >= 0.3 is 5.97 Å². The first kappa shape index (κ1) is 20.5. The molecule has 152 valence electrons. The number of carbonyl (C=O) groups excluding carboxylic acids is 1. The number of aromatic hydroxyl groups is 1. The standard InChI is InChI=1S/C21H21FN2O5/c1-2-29-21(28)17-19(26)18-16(24(20(17)27)8-3-9-25)11-14(12-23-18)10-13-4-6-15(22)7-5-13/h4-7,11-12,25-26H,2-3,8-10H2,1H3. The van der Waals surface area contributed by atoms with E-state index in [1.54, 1.807) is 25.1 Å². The summed E-state index contributed by atoms with van der Waals surface area (Å²) in [6, 6.07) is 7.72. The van der Waals surface area contributed by atoms with Crippen molar-refractivity contribution in [3.05, 3.63) is 69.4 Å². The molecule has 29 heavy (non-hydrogen) atoms. The van der Waals surface area contributed by atoms with Crippen molar-refractivity contribution >= 4 is 17.0 Å². The summed E-state index contributed by atoms with van der Waals surface area (Å²) in [5, 5.41) is 19.7. The first-order valence-electron chi connectivity index (χ1n) is 9.23. The third kappa shape index (κ3) is 4.27. The molecule has 0 aliphatic heterocycles. The molecule has 0 radical (unpaired) electrons. The molecule has 0 bridgehead atoms. The fourth-order valence-corrected chi connectivity index (χ4v) is 3.12. The predicted octanol–water partition coefficient (Wildman–Crippen LogP) is 2.39. The van der Waals surface area contributed by atoms with Gasteiger partial charge in [-0.05, 0) is 49.1 Å². The summed E-state index contributed by atoms with van der Waals surface area (Å²) in [6.45, 7) is 1.64. The van der Waals surface area contributed by atoms with E-state index in [1.165, 1.54) is 22.9 Å². The van der Waals surface area contributed by atoms with E-state index in [-0.39, 0.29) is 37.5 Å². The smallest absolute Gasteiger partial charge is 0.347 e. The molecule has 2 heterocycles. The number of aliphatic hydroxyl groups excluding tert-OH is 1. The maximum absolute atomic E-state index is 13.1. The predicted molar refractivity (Wildman–Crippen MR) is 105 cm³/mol. The minimum Gasteiger partial charge on any atom is -0.505 e. The molecule has 2 N–H and O–H groups in total. The highest BCUT2D eigenvalue weighted by atomic mass is 19.1. The summed E-state index contributed by atoms with van der Waals surface area (Å²) >= 11 is 0. The number of fused-ring (bicyclic) bond motifs is 1. The van der Waals surface area contributed by atoms with Crippen molar-refractivity contribution in [2.75, 3.05) is 13.2 Å². The van der Waals surface area contributed by atoms with Crippen LogP contribution in [0.3, 0.4) is 0 Å². The normalized spacial score (nSPS) is 11.0. The van der Waals surface area contributed by atoms with Gasteiger partial charge in [0, 0.05) is 19.3 Å². The van der Waals surface area contributed by atoms with Crippen LogP contribution in [0.15, 0.2) is 41.3 Å². The third-order valence-corrected chi connectivity index (χ3v) is 4.48. The first-order valence-corrected chi connectivity index (χ1v) is 9.23. The number of esters is 1. The van der Waals surface area contributed by atoms with Gasteiger partial charge in [0.25, 0.3) is 5.56 Å². The van der Waals surface area contributed by atoms with Crippen LogP contribution in [0.5, 0.6) is 5.75 Å². The lowest BCUT2D eigenvalue weighted by Gasteiger charge is -2.14. The minimum atomic E-state index is -0.924. The summed E-state index contributed by atoms with van der Waals surface area (Å²) in [5.41, 5.74) is 0.842. The monoisotopic (exact) mass is 400 g/mol. The molecular weight excluding hydrogens is 379 g/mol. The Morgan fingerprint density at radius 3 is 2.62 bits per heavy atom. The number of pyridine rings is 2. The van der Waals surface area contributed by atoms with E-state index in [9.17, 15) is 24.2 Å². The number of nitrogens with zero attached hydrogens (tertiary/aromatic N) is 2. The minimum absolute atomic E-state index is 0.0520. The lowest BCUT2D eigenvalue weighted by atomic mass is 10.1. The van der Waals surface area contributed by atoms with Crippen LogP contribution in [-0.4, -0.2) is 38.9 Å². The van der Waals surface area contributed by atoms with Crippen LogP contribution in [0.2, 0.25) is 0 Å². The fraction of sp³-hybridized carbons (Fsp3) is 0.286. The Hall–Kier alpha value is -3.26. The molecular formula is C21H21FN2O5. The number of benzene rings is 1. The number of hydrogen-bond acceptors (Lipinski definition) is 6. The quantitative estimate of drug-likeness (QED) is 0.591. The molecule has 3 rings (SSSR count). The van der Waals surface area contributed by atoms with Crippen molar-refractivity contribution in [1.29, 1.82) is 0 Å². The topological polar surface area (TPSA) is 102 Å². The van der Waals surface area contributed by atoms with Crippen LogP contribution in [0, 0.1) is 5.82 Å². The summed E-state index contributed by atoms with van der Waals surface area (Å²) in [6.07, 6.45) is 2.25. The van der Waals surface area contributed by atoms with Crippen LogP contribution < -0.4 is 5.56 Å². The van der Waals surface area contributed by atoms with E-state index in [0.717, 1.165) is 11.1 Å². The van der Waals surface area contributed by atoms with Gasteiger partial charge in [-0.25, -0.2) is 9.18 Å². The van der Waals surface area contributed by atoms with Gasteiger partial charge in [0.05, 0.1) is 12.1 Å². The second-order valence-electron chi connectivity index (χ2n) is 6.49. The zero-order valence-corrected chi connectivity index (χ0v) is 15.9. The molecule has 0 atom stereocenters. The molecule has 0 aliphatic rings. The van der Waals surface area contributed by atoms with Crippen molar-refractivity contribution in [2.24, 2.45) is 0 Å². The van der Waals surface area contributed by atoms with E-state index < -0.39 is 22.8 Å². The lowest BCUT2D eigenvalue weighted by Crippen LogP contribution is -2.28. The van der Waals surface area contributed by atoms with Gasteiger partial charge in [0.15, 0.2) is 11.3 Å². The van der Waals surface area contributed by atoms with Gasteiger partial charge in [0.2, 0.25) is 0 Å². The molecule has 0 unspecified atom stereocenters. The van der Waals surface area contributed by atoms with E-state index in [2.05, 4.69) is 4.98 Å². The van der Waals surface area contributed by atoms with Gasteiger partial charge in [-0.3, -0.25) is 9.78 Å². The molecule has 7 nitrogen and oxygen atoms in total. The zero-order valence-electron chi connectivity index (χ0n) is 15.9. The second kappa shape index (κ2) is 8.83. The van der Waals surface area contributed by atoms with E-state index >= 15 is 0 Å². The summed E-state index contributed by atoms with van der Waals surface area (Å²) < 4.78 is 19.3. The average Bonchev–Trinajstić information content (AvgIpc) is 2.70. The van der Waals surface area contributed by atoms with Crippen molar-refractivity contribution < 1.29 is 24.1 Å². The highest BCUT2D eigenvalue weighted by Crippen LogP contribution is 2.26. The zero-order chi connectivity index (χ0) is 21.0. The van der Waals surface area contributed by atoms with E-state index in [1.807, 2.05) is 0 Å².